The summed E-state index contributed by atoms with van der Waals surface area (Å²) in [5.41, 5.74) is 2.75. The molecule has 3 rings (SSSR count). The van der Waals surface area contributed by atoms with Gasteiger partial charge in [-0.3, -0.25) is 4.68 Å². The summed E-state index contributed by atoms with van der Waals surface area (Å²) in [5, 5.41) is 10.2. The fourth-order valence-electron chi connectivity index (χ4n) is 2.85. The molecule has 0 bridgehead atoms. The maximum absolute atomic E-state index is 12.2. The Labute approximate surface area is 123 Å². The number of nitrogens with zero attached hydrogens (tertiary/aromatic N) is 2. The van der Waals surface area contributed by atoms with Crippen molar-refractivity contribution in [3.63, 3.8) is 0 Å². The number of furan rings is 1. The zero-order chi connectivity index (χ0) is 14.8. The van der Waals surface area contributed by atoms with Gasteiger partial charge in [0.2, 0.25) is 0 Å². The van der Waals surface area contributed by atoms with E-state index < -0.39 is 0 Å². The zero-order valence-corrected chi connectivity index (χ0v) is 12.3. The molecule has 0 radical (unpaired) electrons. The van der Waals surface area contributed by atoms with Crippen molar-refractivity contribution >= 4 is 11.7 Å². The first-order chi connectivity index (χ1) is 10.2. The van der Waals surface area contributed by atoms with Crippen molar-refractivity contribution in [1.29, 1.82) is 0 Å². The van der Waals surface area contributed by atoms with E-state index in [1.54, 1.807) is 10.9 Å². The number of carbonyl (C=O) groups is 1. The molecule has 0 saturated carbocycles. The largest absolute Gasteiger partial charge is 0.469 e. The van der Waals surface area contributed by atoms with Crippen LogP contribution in [-0.4, -0.2) is 15.8 Å². The number of rotatable bonds is 3. The summed E-state index contributed by atoms with van der Waals surface area (Å²) in [6, 6.07) is 1.77. The second-order valence-corrected chi connectivity index (χ2v) is 5.36. The Morgan fingerprint density at radius 2 is 2.43 bits per heavy atom. The monoisotopic (exact) mass is 288 g/mol. The standard InChI is InChI=1S/C15H20N4O2/c1-3-11-13(9-19(2)18-11)17-15(20)16-12-5-4-6-14-10(12)7-8-21-14/h7-9,12H,3-6H2,1-2H3,(H2,16,17,20). The molecular weight excluding hydrogens is 268 g/mol. The van der Waals surface area contributed by atoms with Crippen molar-refractivity contribution in [1.82, 2.24) is 15.1 Å². The van der Waals surface area contributed by atoms with Crippen molar-refractivity contribution in [2.75, 3.05) is 5.32 Å². The number of hydrogen-bond acceptors (Lipinski definition) is 3. The van der Waals surface area contributed by atoms with Gasteiger partial charge in [0.1, 0.15) is 5.76 Å². The molecule has 0 saturated heterocycles. The fraction of sp³-hybridized carbons (Fsp3) is 0.467. The molecule has 2 amide bonds. The van der Waals surface area contributed by atoms with E-state index in [0.29, 0.717) is 0 Å². The summed E-state index contributed by atoms with van der Waals surface area (Å²) in [6.07, 6.45) is 7.21. The Morgan fingerprint density at radius 1 is 1.57 bits per heavy atom. The van der Waals surface area contributed by atoms with Crippen LogP contribution in [0.3, 0.4) is 0 Å². The topological polar surface area (TPSA) is 72.1 Å². The van der Waals surface area contributed by atoms with Gasteiger partial charge in [-0.05, 0) is 25.3 Å². The van der Waals surface area contributed by atoms with E-state index in [2.05, 4.69) is 15.7 Å². The maximum Gasteiger partial charge on any atom is 0.319 e. The van der Waals surface area contributed by atoms with Gasteiger partial charge in [-0.25, -0.2) is 4.79 Å². The zero-order valence-electron chi connectivity index (χ0n) is 12.3. The predicted octanol–water partition coefficient (Wildman–Crippen LogP) is 2.77. The molecule has 2 aromatic heterocycles. The lowest BCUT2D eigenvalue weighted by molar-refractivity contribution is 0.246. The minimum absolute atomic E-state index is 0.0225. The quantitative estimate of drug-likeness (QED) is 0.912. The van der Waals surface area contributed by atoms with Crippen LogP contribution < -0.4 is 10.6 Å². The molecule has 2 heterocycles. The van der Waals surface area contributed by atoms with Gasteiger partial charge in [0, 0.05) is 25.2 Å². The molecule has 0 aliphatic heterocycles. The average Bonchev–Trinajstić information content (AvgIpc) is 3.05. The second kappa shape index (κ2) is 5.63. The minimum Gasteiger partial charge on any atom is -0.469 e. The molecule has 6 heteroatoms. The van der Waals surface area contributed by atoms with Crippen molar-refractivity contribution in [2.24, 2.45) is 7.05 Å². The number of urea groups is 1. The van der Waals surface area contributed by atoms with Gasteiger partial charge in [-0.1, -0.05) is 6.92 Å². The fourth-order valence-corrected chi connectivity index (χ4v) is 2.85. The molecule has 1 aliphatic rings. The predicted molar refractivity (Wildman–Crippen MR) is 79.1 cm³/mol. The molecule has 1 atom stereocenters. The van der Waals surface area contributed by atoms with E-state index in [4.69, 9.17) is 4.42 Å². The molecular formula is C15H20N4O2. The molecule has 1 aliphatic carbocycles. The number of aromatic nitrogens is 2. The first kappa shape index (κ1) is 13.7. The molecule has 6 nitrogen and oxygen atoms in total. The third kappa shape index (κ3) is 2.79. The number of nitrogens with one attached hydrogen (secondary N) is 2. The van der Waals surface area contributed by atoms with Gasteiger partial charge >= 0.3 is 6.03 Å². The average molecular weight is 288 g/mol. The highest BCUT2D eigenvalue weighted by Gasteiger charge is 2.24. The first-order valence-electron chi connectivity index (χ1n) is 7.33. The minimum atomic E-state index is -0.197. The summed E-state index contributed by atoms with van der Waals surface area (Å²) in [4.78, 5) is 12.2. The van der Waals surface area contributed by atoms with E-state index >= 15 is 0 Å². The number of carbonyl (C=O) groups excluding carboxylic acids is 1. The van der Waals surface area contributed by atoms with Gasteiger partial charge in [-0.15, -0.1) is 0 Å². The van der Waals surface area contributed by atoms with E-state index in [0.717, 1.165) is 48.4 Å². The van der Waals surface area contributed by atoms with Crippen LogP contribution in [0.5, 0.6) is 0 Å². The maximum atomic E-state index is 12.2. The summed E-state index contributed by atoms with van der Waals surface area (Å²) in [6.45, 7) is 2.02. The molecule has 0 aromatic carbocycles. The highest BCUT2D eigenvalue weighted by atomic mass is 16.3. The van der Waals surface area contributed by atoms with Gasteiger partial charge in [-0.2, -0.15) is 5.10 Å². The first-order valence-corrected chi connectivity index (χ1v) is 7.33. The van der Waals surface area contributed by atoms with Crippen LogP contribution in [0.1, 0.15) is 42.8 Å². The summed E-state index contributed by atoms with van der Waals surface area (Å²) in [5.74, 6) is 0.988. The van der Waals surface area contributed by atoms with Crippen molar-refractivity contribution in [3.05, 3.63) is 35.5 Å². The molecule has 112 valence electrons. The Balaban J connectivity index is 1.68. The Kier molecular flexibility index (Phi) is 3.68. The molecule has 0 fully saturated rings. The number of hydrogen-bond donors (Lipinski definition) is 2. The van der Waals surface area contributed by atoms with E-state index in [1.165, 1.54) is 0 Å². The van der Waals surface area contributed by atoms with Crippen LogP contribution in [0, 0.1) is 0 Å². The van der Waals surface area contributed by atoms with Crippen LogP contribution in [0.25, 0.3) is 0 Å². The van der Waals surface area contributed by atoms with E-state index in [1.807, 2.05) is 26.2 Å². The Hall–Kier alpha value is -2.24. The third-order valence-corrected chi connectivity index (χ3v) is 3.85. The number of anilines is 1. The van der Waals surface area contributed by atoms with E-state index in [-0.39, 0.29) is 12.1 Å². The molecule has 0 spiro atoms. The van der Waals surface area contributed by atoms with Crippen LogP contribution in [-0.2, 0) is 19.9 Å². The smallest absolute Gasteiger partial charge is 0.319 e. The normalized spacial score (nSPS) is 17.3. The molecule has 1 unspecified atom stereocenters. The number of aryl methyl sites for hydroxylation is 3. The number of fused-ring (bicyclic) bond motifs is 1. The Morgan fingerprint density at radius 3 is 3.24 bits per heavy atom. The SMILES string of the molecule is CCc1nn(C)cc1NC(=O)NC1CCCc2occc21. The highest BCUT2D eigenvalue weighted by molar-refractivity contribution is 5.90. The summed E-state index contributed by atoms with van der Waals surface area (Å²) >= 11 is 0. The van der Waals surface area contributed by atoms with Crippen molar-refractivity contribution < 1.29 is 9.21 Å². The molecule has 2 N–H and O–H groups in total. The van der Waals surface area contributed by atoms with Gasteiger partial charge in [0.15, 0.2) is 0 Å². The lowest BCUT2D eigenvalue weighted by atomic mass is 9.93. The van der Waals surface area contributed by atoms with Crippen LogP contribution in [0.2, 0.25) is 0 Å². The summed E-state index contributed by atoms with van der Waals surface area (Å²) in [7, 11) is 1.85. The molecule has 21 heavy (non-hydrogen) atoms. The second-order valence-electron chi connectivity index (χ2n) is 5.36. The van der Waals surface area contributed by atoms with Crippen LogP contribution in [0.4, 0.5) is 10.5 Å². The summed E-state index contributed by atoms with van der Waals surface area (Å²) < 4.78 is 7.15. The third-order valence-electron chi connectivity index (χ3n) is 3.85. The number of amides is 2. The van der Waals surface area contributed by atoms with Crippen molar-refractivity contribution in [3.8, 4) is 0 Å². The Bertz CT molecular complexity index is 644. The van der Waals surface area contributed by atoms with Gasteiger partial charge < -0.3 is 15.1 Å². The van der Waals surface area contributed by atoms with Crippen LogP contribution >= 0.6 is 0 Å². The van der Waals surface area contributed by atoms with E-state index in [9.17, 15) is 4.79 Å². The lowest BCUT2D eigenvalue weighted by Gasteiger charge is -2.22. The lowest BCUT2D eigenvalue weighted by Crippen LogP contribution is -2.34. The van der Waals surface area contributed by atoms with Gasteiger partial charge in [0.25, 0.3) is 0 Å². The molecule has 2 aromatic rings. The van der Waals surface area contributed by atoms with Gasteiger partial charge in [0.05, 0.1) is 23.7 Å². The van der Waals surface area contributed by atoms with Crippen molar-refractivity contribution in [2.45, 2.75) is 38.6 Å². The highest BCUT2D eigenvalue weighted by Crippen LogP contribution is 2.30. The van der Waals surface area contributed by atoms with Crippen LogP contribution in [0.15, 0.2) is 22.9 Å².